The predicted octanol–water partition coefficient (Wildman–Crippen LogP) is 3.48. The molecule has 3 nitrogen and oxygen atoms in total. The van der Waals surface area contributed by atoms with Crippen LogP contribution in [-0.2, 0) is 6.42 Å². The molecule has 1 N–H and O–H groups in total. The average Bonchev–Trinajstić information content (AvgIpc) is 2.57. The van der Waals surface area contributed by atoms with Crippen LogP contribution in [0.2, 0.25) is 0 Å². The van der Waals surface area contributed by atoms with Crippen molar-refractivity contribution in [1.82, 2.24) is 9.78 Å². The minimum absolute atomic E-state index is 0.417. The van der Waals surface area contributed by atoms with Crippen molar-refractivity contribution in [2.45, 2.75) is 53.5 Å². The maximum atomic E-state index is 4.66. The Bertz CT molecular complexity index is 313. The van der Waals surface area contributed by atoms with E-state index < -0.39 is 0 Å². The van der Waals surface area contributed by atoms with Gasteiger partial charge < -0.3 is 5.32 Å². The molecular weight excluding hydrogens is 198 g/mol. The minimum atomic E-state index is 0.417. The van der Waals surface area contributed by atoms with Gasteiger partial charge in [-0.15, -0.1) is 0 Å². The van der Waals surface area contributed by atoms with E-state index in [0.29, 0.717) is 12.0 Å². The van der Waals surface area contributed by atoms with Gasteiger partial charge in [-0.05, 0) is 32.6 Å². The van der Waals surface area contributed by atoms with Crippen LogP contribution in [0, 0.1) is 5.92 Å². The Morgan fingerprint density at radius 3 is 2.50 bits per heavy atom. The third kappa shape index (κ3) is 3.54. The number of rotatable bonds is 6. The van der Waals surface area contributed by atoms with E-state index in [9.17, 15) is 0 Å². The zero-order valence-corrected chi connectivity index (χ0v) is 11.2. The molecule has 92 valence electrons. The van der Waals surface area contributed by atoms with Gasteiger partial charge in [0, 0.05) is 18.7 Å². The molecule has 0 radical (unpaired) electrons. The summed E-state index contributed by atoms with van der Waals surface area (Å²) < 4.78 is 2.09. The molecule has 0 saturated heterocycles. The SMILES string of the molecule is CCCNc1cc(CC(C)C)nn1C(C)C. The summed E-state index contributed by atoms with van der Waals surface area (Å²) in [6.45, 7) is 12.0. The smallest absolute Gasteiger partial charge is 0.124 e. The van der Waals surface area contributed by atoms with Gasteiger partial charge in [-0.3, -0.25) is 0 Å². The van der Waals surface area contributed by atoms with Crippen molar-refractivity contribution in [2.24, 2.45) is 5.92 Å². The summed E-state index contributed by atoms with van der Waals surface area (Å²) in [5, 5.41) is 8.10. The van der Waals surface area contributed by atoms with E-state index in [1.165, 1.54) is 5.69 Å². The number of nitrogens with zero attached hydrogens (tertiary/aromatic N) is 2. The normalized spacial score (nSPS) is 11.4. The summed E-state index contributed by atoms with van der Waals surface area (Å²) in [4.78, 5) is 0. The van der Waals surface area contributed by atoms with Crippen LogP contribution < -0.4 is 5.32 Å². The van der Waals surface area contributed by atoms with Gasteiger partial charge in [-0.25, -0.2) is 4.68 Å². The Kier molecular flexibility index (Phi) is 4.84. The van der Waals surface area contributed by atoms with Crippen LogP contribution in [0.15, 0.2) is 6.07 Å². The molecule has 0 spiro atoms. The molecule has 0 bridgehead atoms. The summed E-state index contributed by atoms with van der Waals surface area (Å²) in [6, 6.07) is 2.61. The Balaban J connectivity index is 2.82. The largest absolute Gasteiger partial charge is 0.370 e. The maximum Gasteiger partial charge on any atom is 0.124 e. The molecule has 0 saturated carbocycles. The number of nitrogens with one attached hydrogen (secondary N) is 1. The van der Waals surface area contributed by atoms with Gasteiger partial charge >= 0.3 is 0 Å². The van der Waals surface area contributed by atoms with Crippen molar-refractivity contribution in [3.8, 4) is 0 Å². The highest BCUT2D eigenvalue weighted by Gasteiger charge is 2.10. The van der Waals surface area contributed by atoms with Crippen LogP contribution in [0.3, 0.4) is 0 Å². The van der Waals surface area contributed by atoms with Gasteiger partial charge in [0.1, 0.15) is 5.82 Å². The van der Waals surface area contributed by atoms with Gasteiger partial charge in [0.2, 0.25) is 0 Å². The second-order valence-corrected chi connectivity index (χ2v) is 5.08. The van der Waals surface area contributed by atoms with Crippen LogP contribution in [0.4, 0.5) is 5.82 Å². The van der Waals surface area contributed by atoms with E-state index >= 15 is 0 Å². The summed E-state index contributed by atoms with van der Waals surface area (Å²) in [7, 11) is 0. The number of hydrogen-bond donors (Lipinski definition) is 1. The molecule has 0 amide bonds. The van der Waals surface area contributed by atoms with Crippen molar-refractivity contribution < 1.29 is 0 Å². The highest BCUT2D eigenvalue weighted by molar-refractivity contribution is 5.37. The highest BCUT2D eigenvalue weighted by atomic mass is 15.3. The van der Waals surface area contributed by atoms with Gasteiger partial charge in [0.15, 0.2) is 0 Å². The molecule has 0 unspecified atom stereocenters. The first-order valence-electron chi connectivity index (χ1n) is 6.36. The molecule has 1 aromatic rings. The lowest BCUT2D eigenvalue weighted by atomic mass is 10.1. The first-order valence-corrected chi connectivity index (χ1v) is 6.36. The fraction of sp³-hybridized carbons (Fsp3) is 0.769. The topological polar surface area (TPSA) is 29.9 Å². The second-order valence-electron chi connectivity index (χ2n) is 5.08. The Hall–Kier alpha value is -0.990. The minimum Gasteiger partial charge on any atom is -0.370 e. The third-order valence-electron chi connectivity index (χ3n) is 2.45. The molecule has 3 heteroatoms. The summed E-state index contributed by atoms with van der Waals surface area (Å²) >= 11 is 0. The molecule has 1 aromatic heterocycles. The number of anilines is 1. The Morgan fingerprint density at radius 2 is 2.00 bits per heavy atom. The zero-order valence-electron chi connectivity index (χ0n) is 11.2. The van der Waals surface area contributed by atoms with Crippen LogP contribution in [0.25, 0.3) is 0 Å². The molecule has 0 atom stereocenters. The first kappa shape index (κ1) is 13.1. The van der Waals surface area contributed by atoms with Gasteiger partial charge in [0.25, 0.3) is 0 Å². The van der Waals surface area contributed by atoms with Crippen molar-refractivity contribution in [3.05, 3.63) is 11.8 Å². The third-order valence-corrected chi connectivity index (χ3v) is 2.45. The summed E-state index contributed by atoms with van der Waals surface area (Å²) in [6.07, 6.45) is 2.20. The molecular formula is C13H25N3. The summed E-state index contributed by atoms with van der Waals surface area (Å²) in [5.41, 5.74) is 1.20. The van der Waals surface area contributed by atoms with E-state index in [1.54, 1.807) is 0 Å². The fourth-order valence-electron chi connectivity index (χ4n) is 1.74. The predicted molar refractivity (Wildman–Crippen MR) is 69.9 cm³/mol. The van der Waals surface area contributed by atoms with Crippen LogP contribution in [0.5, 0.6) is 0 Å². The standard InChI is InChI=1S/C13H25N3/c1-6-7-14-13-9-12(8-10(2)3)15-16(13)11(4)5/h9-11,14H,6-8H2,1-5H3. The van der Waals surface area contributed by atoms with Crippen LogP contribution >= 0.6 is 0 Å². The van der Waals surface area contributed by atoms with Gasteiger partial charge in [-0.2, -0.15) is 5.10 Å². The first-order chi connectivity index (χ1) is 7.54. The van der Waals surface area contributed by atoms with Crippen LogP contribution in [0.1, 0.15) is 52.8 Å². The molecule has 0 aliphatic heterocycles. The zero-order chi connectivity index (χ0) is 12.1. The maximum absolute atomic E-state index is 4.66. The van der Waals surface area contributed by atoms with Crippen molar-refractivity contribution in [2.75, 3.05) is 11.9 Å². The molecule has 0 aliphatic rings. The molecule has 1 heterocycles. The Labute approximate surface area is 99.2 Å². The van der Waals surface area contributed by atoms with Gasteiger partial charge in [0.05, 0.1) is 5.69 Å². The van der Waals surface area contributed by atoms with E-state index in [-0.39, 0.29) is 0 Å². The van der Waals surface area contributed by atoms with E-state index in [4.69, 9.17) is 0 Å². The molecule has 0 aromatic carbocycles. The lowest BCUT2D eigenvalue weighted by Gasteiger charge is -2.11. The highest BCUT2D eigenvalue weighted by Crippen LogP contribution is 2.18. The van der Waals surface area contributed by atoms with Crippen molar-refractivity contribution in [3.63, 3.8) is 0 Å². The van der Waals surface area contributed by atoms with E-state index in [1.807, 2.05) is 0 Å². The van der Waals surface area contributed by atoms with E-state index in [0.717, 1.165) is 25.2 Å². The number of hydrogen-bond acceptors (Lipinski definition) is 2. The molecule has 1 rings (SSSR count). The molecule has 16 heavy (non-hydrogen) atoms. The lowest BCUT2D eigenvalue weighted by molar-refractivity contribution is 0.523. The monoisotopic (exact) mass is 223 g/mol. The molecule has 0 fully saturated rings. The Morgan fingerprint density at radius 1 is 1.31 bits per heavy atom. The average molecular weight is 223 g/mol. The lowest BCUT2D eigenvalue weighted by Crippen LogP contribution is -2.10. The van der Waals surface area contributed by atoms with E-state index in [2.05, 4.69) is 55.8 Å². The van der Waals surface area contributed by atoms with Crippen LogP contribution in [-0.4, -0.2) is 16.3 Å². The van der Waals surface area contributed by atoms with Crippen molar-refractivity contribution in [1.29, 1.82) is 0 Å². The number of aromatic nitrogens is 2. The van der Waals surface area contributed by atoms with Crippen molar-refractivity contribution >= 4 is 5.82 Å². The summed E-state index contributed by atoms with van der Waals surface area (Å²) in [5.74, 6) is 1.82. The second kappa shape index (κ2) is 5.92. The van der Waals surface area contributed by atoms with Gasteiger partial charge in [-0.1, -0.05) is 20.8 Å². The fourth-order valence-corrected chi connectivity index (χ4v) is 1.74. The molecule has 0 aliphatic carbocycles. The quantitative estimate of drug-likeness (QED) is 0.800.